The number of hydrogen-bond donors (Lipinski definition) is 1. The summed E-state index contributed by atoms with van der Waals surface area (Å²) >= 11 is 0. The fourth-order valence-corrected chi connectivity index (χ4v) is 2.15. The van der Waals surface area contributed by atoms with Crippen LogP contribution in [-0.2, 0) is 9.47 Å². The first-order valence-electron chi connectivity index (χ1n) is 7.48. The number of nitrogens with zero attached hydrogens (tertiary/aromatic N) is 1. The highest BCUT2D eigenvalue weighted by Gasteiger charge is 2.21. The number of hydrogen-bond acceptors (Lipinski definition) is 5. The zero-order valence-corrected chi connectivity index (χ0v) is 13.4. The maximum absolute atomic E-state index is 12.0. The number of nitrogens with one attached hydrogen (secondary N) is 1. The summed E-state index contributed by atoms with van der Waals surface area (Å²) in [6.45, 7) is 6.27. The highest BCUT2D eigenvalue weighted by atomic mass is 16.5. The van der Waals surface area contributed by atoms with Gasteiger partial charge in [-0.25, -0.2) is 9.59 Å². The lowest BCUT2D eigenvalue weighted by atomic mass is 10.3. The van der Waals surface area contributed by atoms with Crippen molar-refractivity contribution in [2.45, 2.75) is 20.8 Å². The fraction of sp³-hybridized carbons (Fsp3) is 0.375. The molecule has 2 aromatic heterocycles. The van der Waals surface area contributed by atoms with Crippen molar-refractivity contribution in [1.29, 1.82) is 0 Å². The Balaban J connectivity index is 2.41. The molecule has 0 unspecified atom stereocenters. The van der Waals surface area contributed by atoms with Crippen molar-refractivity contribution in [2.24, 2.45) is 0 Å². The maximum Gasteiger partial charge on any atom is 0.343 e. The zero-order chi connectivity index (χ0) is 16.8. The number of aromatic nitrogens is 2. The lowest BCUT2D eigenvalue weighted by molar-refractivity contribution is 0.0515. The molecule has 23 heavy (non-hydrogen) atoms. The van der Waals surface area contributed by atoms with Gasteiger partial charge in [-0.15, -0.1) is 0 Å². The first-order chi connectivity index (χ1) is 11.1. The zero-order valence-electron chi connectivity index (χ0n) is 13.4. The molecule has 2 heterocycles. The Hall–Kier alpha value is -2.70. The molecule has 0 bridgehead atoms. The molecule has 0 aliphatic rings. The molecule has 0 atom stereocenters. The van der Waals surface area contributed by atoms with E-state index in [1.54, 1.807) is 43.2 Å². The fourth-order valence-electron chi connectivity index (χ4n) is 2.15. The molecular formula is C16H20N2O5. The lowest BCUT2D eigenvalue weighted by Gasteiger charge is -2.04. The van der Waals surface area contributed by atoms with Crippen LogP contribution < -0.4 is 4.74 Å². The Morgan fingerprint density at radius 1 is 0.957 bits per heavy atom. The van der Waals surface area contributed by atoms with Crippen molar-refractivity contribution in [3.8, 4) is 11.4 Å². The van der Waals surface area contributed by atoms with E-state index >= 15 is 0 Å². The average molecular weight is 320 g/mol. The summed E-state index contributed by atoms with van der Waals surface area (Å²) in [5, 5.41) is 0. The van der Waals surface area contributed by atoms with Crippen LogP contribution in [0.5, 0.6) is 5.75 Å². The van der Waals surface area contributed by atoms with Crippen LogP contribution in [-0.4, -0.2) is 41.3 Å². The molecule has 0 amide bonds. The molecular weight excluding hydrogens is 300 g/mol. The van der Waals surface area contributed by atoms with Crippen molar-refractivity contribution in [3.05, 3.63) is 35.9 Å². The minimum atomic E-state index is -0.470. The van der Waals surface area contributed by atoms with E-state index in [9.17, 15) is 9.59 Å². The van der Waals surface area contributed by atoms with Gasteiger partial charge >= 0.3 is 11.9 Å². The first kappa shape index (κ1) is 16.7. The third kappa shape index (κ3) is 3.56. The van der Waals surface area contributed by atoms with Crippen LogP contribution in [0.4, 0.5) is 0 Å². The molecule has 0 aromatic carbocycles. The number of carbonyl (C=O) groups is 2. The van der Waals surface area contributed by atoms with E-state index < -0.39 is 11.9 Å². The number of rotatable bonds is 7. The lowest BCUT2D eigenvalue weighted by Crippen LogP contribution is -2.07. The highest BCUT2D eigenvalue weighted by molar-refractivity contribution is 5.95. The molecule has 124 valence electrons. The van der Waals surface area contributed by atoms with Crippen molar-refractivity contribution >= 4 is 11.9 Å². The molecule has 2 rings (SSSR count). The van der Waals surface area contributed by atoms with Gasteiger partial charge in [-0.05, 0) is 20.8 Å². The Kier molecular flexibility index (Phi) is 5.46. The van der Waals surface area contributed by atoms with E-state index in [1.807, 2.05) is 6.92 Å². The standard InChI is InChI=1S/C16H20N2O5/c1-4-21-14-10-18(9-12(14)16(20)23-6-3)13-8-17-7-11(13)15(19)22-5-2/h7-10,17H,4-6H2,1-3H3. The Bertz CT molecular complexity index is 686. The minimum absolute atomic E-state index is 0.272. The molecule has 2 aromatic rings. The second kappa shape index (κ2) is 7.53. The van der Waals surface area contributed by atoms with Crippen LogP contribution in [0.3, 0.4) is 0 Å². The molecule has 0 aliphatic heterocycles. The van der Waals surface area contributed by atoms with Crippen LogP contribution in [0.1, 0.15) is 41.5 Å². The molecule has 7 heteroatoms. The highest BCUT2D eigenvalue weighted by Crippen LogP contribution is 2.26. The first-order valence-corrected chi connectivity index (χ1v) is 7.48. The summed E-state index contributed by atoms with van der Waals surface area (Å²) in [5.74, 6) is -0.502. The predicted molar refractivity (Wildman–Crippen MR) is 83.2 cm³/mol. The largest absolute Gasteiger partial charge is 0.491 e. The maximum atomic E-state index is 12.0. The van der Waals surface area contributed by atoms with Crippen molar-refractivity contribution in [1.82, 2.24) is 9.55 Å². The summed E-state index contributed by atoms with van der Waals surface area (Å²) in [6, 6.07) is 0. The van der Waals surface area contributed by atoms with Crippen molar-refractivity contribution in [2.75, 3.05) is 19.8 Å². The van der Waals surface area contributed by atoms with Gasteiger partial charge < -0.3 is 23.8 Å². The van der Waals surface area contributed by atoms with E-state index in [0.29, 0.717) is 29.2 Å². The molecule has 0 fully saturated rings. The number of H-pyrrole nitrogens is 1. The summed E-state index contributed by atoms with van der Waals surface area (Å²) < 4.78 is 17.2. The molecule has 0 saturated heterocycles. The van der Waals surface area contributed by atoms with E-state index in [1.165, 1.54) is 0 Å². The van der Waals surface area contributed by atoms with Gasteiger partial charge in [0.1, 0.15) is 11.1 Å². The average Bonchev–Trinajstić information content (AvgIpc) is 3.14. The Labute approximate surface area is 134 Å². The van der Waals surface area contributed by atoms with Crippen molar-refractivity contribution < 1.29 is 23.8 Å². The van der Waals surface area contributed by atoms with E-state index in [2.05, 4.69) is 4.98 Å². The molecule has 7 nitrogen and oxygen atoms in total. The van der Waals surface area contributed by atoms with Crippen molar-refractivity contribution in [3.63, 3.8) is 0 Å². The van der Waals surface area contributed by atoms with Gasteiger partial charge in [0, 0.05) is 18.6 Å². The predicted octanol–water partition coefficient (Wildman–Crippen LogP) is 2.56. The number of esters is 2. The molecule has 0 saturated carbocycles. The van der Waals surface area contributed by atoms with Gasteiger partial charge in [-0.2, -0.15) is 0 Å². The second-order valence-electron chi connectivity index (χ2n) is 4.57. The number of carbonyl (C=O) groups excluding carboxylic acids is 2. The van der Waals surface area contributed by atoms with Gasteiger partial charge in [0.25, 0.3) is 0 Å². The van der Waals surface area contributed by atoms with Crippen LogP contribution >= 0.6 is 0 Å². The van der Waals surface area contributed by atoms with Gasteiger partial charge in [0.05, 0.1) is 31.7 Å². The minimum Gasteiger partial charge on any atom is -0.491 e. The van der Waals surface area contributed by atoms with Gasteiger partial charge in [-0.3, -0.25) is 0 Å². The Morgan fingerprint density at radius 2 is 1.61 bits per heavy atom. The molecule has 0 radical (unpaired) electrons. The molecule has 0 aliphatic carbocycles. The van der Waals surface area contributed by atoms with Gasteiger partial charge in [-0.1, -0.05) is 0 Å². The van der Waals surface area contributed by atoms with Crippen LogP contribution in [0, 0.1) is 0 Å². The quantitative estimate of drug-likeness (QED) is 0.793. The summed E-state index contributed by atoms with van der Waals surface area (Å²) in [5.41, 5.74) is 1.25. The van der Waals surface area contributed by atoms with Gasteiger partial charge in [0.15, 0.2) is 5.75 Å². The van der Waals surface area contributed by atoms with E-state index in [4.69, 9.17) is 14.2 Å². The normalized spacial score (nSPS) is 10.4. The van der Waals surface area contributed by atoms with E-state index in [-0.39, 0.29) is 13.2 Å². The van der Waals surface area contributed by atoms with E-state index in [0.717, 1.165) is 0 Å². The third-order valence-electron chi connectivity index (χ3n) is 3.08. The summed E-state index contributed by atoms with van der Waals surface area (Å²) in [7, 11) is 0. The van der Waals surface area contributed by atoms with Gasteiger partial charge in [0.2, 0.25) is 0 Å². The van der Waals surface area contributed by atoms with Crippen LogP contribution in [0.15, 0.2) is 24.8 Å². The molecule has 1 N–H and O–H groups in total. The number of ether oxygens (including phenoxy) is 3. The second-order valence-corrected chi connectivity index (χ2v) is 4.57. The summed E-state index contributed by atoms with van der Waals surface area (Å²) in [6.07, 6.45) is 6.42. The topological polar surface area (TPSA) is 82.6 Å². The third-order valence-corrected chi connectivity index (χ3v) is 3.08. The summed E-state index contributed by atoms with van der Waals surface area (Å²) in [4.78, 5) is 26.9. The smallest absolute Gasteiger partial charge is 0.343 e. The SMILES string of the molecule is CCOC(=O)c1cn(-c2c[nH]cc2C(=O)OCC)cc1OCC. The van der Waals surface area contributed by atoms with Crippen LogP contribution in [0.25, 0.3) is 5.69 Å². The molecule has 0 spiro atoms. The van der Waals surface area contributed by atoms with Crippen LogP contribution in [0.2, 0.25) is 0 Å². The monoisotopic (exact) mass is 320 g/mol. The Morgan fingerprint density at radius 3 is 2.22 bits per heavy atom. The number of aromatic amines is 1.